The maximum absolute atomic E-state index is 12.8. The van der Waals surface area contributed by atoms with Gasteiger partial charge >= 0.3 is 0 Å². The van der Waals surface area contributed by atoms with E-state index in [1.54, 1.807) is 6.07 Å². The van der Waals surface area contributed by atoms with E-state index in [4.69, 9.17) is 23.2 Å². The van der Waals surface area contributed by atoms with Gasteiger partial charge in [-0.15, -0.1) is 11.6 Å². The van der Waals surface area contributed by atoms with Crippen LogP contribution in [0.25, 0.3) is 0 Å². The van der Waals surface area contributed by atoms with E-state index in [1.165, 1.54) is 12.1 Å². The maximum Gasteiger partial charge on any atom is 0.124 e. The van der Waals surface area contributed by atoms with E-state index in [9.17, 15) is 4.39 Å². The van der Waals surface area contributed by atoms with Crippen molar-refractivity contribution in [2.24, 2.45) is 0 Å². The van der Waals surface area contributed by atoms with Gasteiger partial charge in [-0.1, -0.05) is 17.7 Å². The third-order valence-corrected chi connectivity index (χ3v) is 3.21. The molecule has 15 heavy (non-hydrogen) atoms. The first-order valence-electron chi connectivity index (χ1n) is 4.74. The minimum atomic E-state index is -0.309. The predicted octanol–water partition coefficient (Wildman–Crippen LogP) is 3.54. The number of halogens is 3. The summed E-state index contributed by atoms with van der Waals surface area (Å²) in [6.45, 7) is 2.71. The van der Waals surface area contributed by atoms with Gasteiger partial charge < -0.3 is 0 Å². The Bertz CT molecular complexity index is 330. The van der Waals surface area contributed by atoms with Crippen LogP contribution in [-0.4, -0.2) is 23.9 Å². The van der Waals surface area contributed by atoms with Gasteiger partial charge in [0.1, 0.15) is 5.82 Å². The first kappa shape index (κ1) is 12.8. The van der Waals surface area contributed by atoms with Crippen molar-refractivity contribution in [1.82, 2.24) is 4.90 Å². The Morgan fingerprint density at radius 1 is 1.47 bits per heavy atom. The third kappa shape index (κ3) is 3.63. The van der Waals surface area contributed by atoms with Gasteiger partial charge in [-0.25, -0.2) is 4.39 Å². The Labute approximate surface area is 99.8 Å². The van der Waals surface area contributed by atoms with Crippen LogP contribution in [-0.2, 0) is 6.54 Å². The van der Waals surface area contributed by atoms with Crippen molar-refractivity contribution in [2.45, 2.75) is 19.5 Å². The van der Waals surface area contributed by atoms with Crippen molar-refractivity contribution in [3.63, 3.8) is 0 Å². The number of rotatable bonds is 4. The smallest absolute Gasteiger partial charge is 0.124 e. The predicted molar refractivity (Wildman–Crippen MR) is 63.1 cm³/mol. The van der Waals surface area contributed by atoms with E-state index in [2.05, 4.69) is 4.90 Å². The van der Waals surface area contributed by atoms with Gasteiger partial charge in [0.05, 0.1) is 0 Å². The summed E-state index contributed by atoms with van der Waals surface area (Å²) in [4.78, 5) is 2.08. The molecule has 1 aromatic rings. The monoisotopic (exact) mass is 249 g/mol. The summed E-state index contributed by atoms with van der Waals surface area (Å²) in [5.41, 5.74) is 0.914. The van der Waals surface area contributed by atoms with Crippen molar-refractivity contribution in [3.05, 3.63) is 34.6 Å². The van der Waals surface area contributed by atoms with Crippen molar-refractivity contribution in [3.8, 4) is 0 Å². The fourth-order valence-electron chi connectivity index (χ4n) is 1.19. The zero-order valence-electron chi connectivity index (χ0n) is 8.80. The van der Waals surface area contributed by atoms with Crippen molar-refractivity contribution >= 4 is 23.2 Å². The van der Waals surface area contributed by atoms with Crippen LogP contribution in [0.1, 0.15) is 12.5 Å². The summed E-state index contributed by atoms with van der Waals surface area (Å²) in [5.74, 6) is 0.256. The average Bonchev–Trinajstić information content (AvgIpc) is 2.20. The van der Waals surface area contributed by atoms with Gasteiger partial charge in [-0.2, -0.15) is 0 Å². The molecule has 0 aliphatic rings. The first-order chi connectivity index (χ1) is 7.04. The Morgan fingerprint density at radius 2 is 2.13 bits per heavy atom. The molecule has 0 bridgehead atoms. The molecule has 0 radical (unpaired) electrons. The van der Waals surface area contributed by atoms with Crippen molar-refractivity contribution < 1.29 is 4.39 Å². The minimum Gasteiger partial charge on any atom is -0.298 e. The molecule has 0 aromatic heterocycles. The number of benzene rings is 1. The summed E-state index contributed by atoms with van der Waals surface area (Å²) >= 11 is 11.7. The van der Waals surface area contributed by atoms with E-state index >= 15 is 0 Å². The summed E-state index contributed by atoms with van der Waals surface area (Å²) in [5, 5.41) is 0.462. The number of hydrogen-bond donors (Lipinski definition) is 0. The fourth-order valence-corrected chi connectivity index (χ4v) is 1.65. The van der Waals surface area contributed by atoms with Crippen LogP contribution in [0.4, 0.5) is 4.39 Å². The normalized spacial score (nSPS) is 13.2. The molecule has 0 saturated heterocycles. The molecule has 1 nitrogen and oxygen atoms in total. The largest absolute Gasteiger partial charge is 0.298 e. The zero-order chi connectivity index (χ0) is 11.4. The molecule has 0 spiro atoms. The molecule has 0 amide bonds. The lowest BCUT2D eigenvalue weighted by Gasteiger charge is -2.23. The molecule has 0 heterocycles. The molecular weight excluding hydrogens is 236 g/mol. The highest BCUT2D eigenvalue weighted by atomic mass is 35.5. The van der Waals surface area contributed by atoms with Crippen LogP contribution in [0.3, 0.4) is 0 Å². The lowest BCUT2D eigenvalue weighted by Crippen LogP contribution is -2.29. The second-order valence-electron chi connectivity index (χ2n) is 3.65. The molecule has 0 N–H and O–H groups in total. The summed E-state index contributed by atoms with van der Waals surface area (Å²) in [6.07, 6.45) is 0. The second kappa shape index (κ2) is 5.69. The molecule has 0 aliphatic carbocycles. The first-order valence-corrected chi connectivity index (χ1v) is 5.66. The molecule has 1 aromatic carbocycles. The van der Waals surface area contributed by atoms with Gasteiger partial charge in [0.15, 0.2) is 0 Å². The molecule has 0 aliphatic heterocycles. The standard InChI is InChI=1S/C11H14Cl2FN/c1-8(6-12)15(2)7-9-3-4-10(14)5-11(9)13/h3-5,8H,6-7H2,1-2H3. The number of nitrogens with zero attached hydrogens (tertiary/aromatic N) is 1. The Kier molecular flexibility index (Phi) is 4.84. The topological polar surface area (TPSA) is 3.24 Å². The zero-order valence-corrected chi connectivity index (χ0v) is 10.3. The summed E-state index contributed by atoms with van der Waals surface area (Å²) in [6, 6.07) is 4.72. The summed E-state index contributed by atoms with van der Waals surface area (Å²) in [7, 11) is 1.97. The van der Waals surface area contributed by atoms with Crippen molar-refractivity contribution in [2.75, 3.05) is 12.9 Å². The highest BCUT2D eigenvalue weighted by molar-refractivity contribution is 6.31. The van der Waals surface area contributed by atoms with Crippen LogP contribution in [0.5, 0.6) is 0 Å². The minimum absolute atomic E-state index is 0.271. The van der Waals surface area contributed by atoms with E-state index in [1.807, 2.05) is 14.0 Å². The second-order valence-corrected chi connectivity index (χ2v) is 4.37. The molecule has 0 saturated carbocycles. The van der Waals surface area contributed by atoms with Gasteiger partial charge in [0.25, 0.3) is 0 Å². The van der Waals surface area contributed by atoms with E-state index < -0.39 is 0 Å². The average molecular weight is 250 g/mol. The molecule has 4 heteroatoms. The highest BCUT2D eigenvalue weighted by Crippen LogP contribution is 2.19. The van der Waals surface area contributed by atoms with Crippen molar-refractivity contribution in [1.29, 1.82) is 0 Å². The molecule has 1 rings (SSSR count). The third-order valence-electron chi connectivity index (χ3n) is 2.41. The van der Waals surface area contributed by atoms with Gasteiger partial charge in [0.2, 0.25) is 0 Å². The van der Waals surface area contributed by atoms with Gasteiger partial charge in [-0.05, 0) is 31.7 Å². The van der Waals surface area contributed by atoms with Crippen LogP contribution in [0.15, 0.2) is 18.2 Å². The molecule has 84 valence electrons. The molecule has 1 atom stereocenters. The number of alkyl halides is 1. The van der Waals surface area contributed by atoms with Crippen LogP contribution in [0.2, 0.25) is 5.02 Å². The Morgan fingerprint density at radius 3 is 2.67 bits per heavy atom. The summed E-state index contributed by atoms with van der Waals surface area (Å²) < 4.78 is 12.8. The Hall–Kier alpha value is -0.310. The molecule has 0 fully saturated rings. The van der Waals surface area contributed by atoms with E-state index in [0.717, 1.165) is 5.56 Å². The van der Waals surface area contributed by atoms with Gasteiger partial charge in [0, 0.05) is 23.5 Å². The lowest BCUT2D eigenvalue weighted by molar-refractivity contribution is 0.268. The van der Waals surface area contributed by atoms with Crippen LogP contribution < -0.4 is 0 Å². The maximum atomic E-state index is 12.8. The highest BCUT2D eigenvalue weighted by Gasteiger charge is 2.10. The number of hydrogen-bond acceptors (Lipinski definition) is 1. The van der Waals surface area contributed by atoms with Crippen LogP contribution >= 0.6 is 23.2 Å². The van der Waals surface area contributed by atoms with E-state index in [-0.39, 0.29) is 11.9 Å². The fraction of sp³-hybridized carbons (Fsp3) is 0.455. The van der Waals surface area contributed by atoms with Crippen LogP contribution in [0, 0.1) is 5.82 Å². The lowest BCUT2D eigenvalue weighted by atomic mass is 10.2. The molecule has 1 unspecified atom stereocenters. The quantitative estimate of drug-likeness (QED) is 0.739. The van der Waals surface area contributed by atoms with Gasteiger partial charge in [-0.3, -0.25) is 4.90 Å². The Balaban J connectivity index is 2.72. The molecular formula is C11H14Cl2FN. The van der Waals surface area contributed by atoms with E-state index in [0.29, 0.717) is 17.4 Å². The SMILES string of the molecule is CC(CCl)N(C)Cc1ccc(F)cc1Cl.